The molecule has 1 atom stereocenters. The van der Waals surface area contributed by atoms with Crippen molar-refractivity contribution in [1.29, 1.82) is 0 Å². The summed E-state index contributed by atoms with van der Waals surface area (Å²) in [6.45, 7) is 0. The first-order valence-electron chi connectivity index (χ1n) is 4.20. The van der Waals surface area contributed by atoms with Gasteiger partial charge in [0.25, 0.3) is 0 Å². The third-order valence-corrected chi connectivity index (χ3v) is 5.84. The first-order valence-corrected chi connectivity index (χ1v) is 6.88. The average molecular weight is 256 g/mol. The minimum absolute atomic E-state index is 0.473. The summed E-state index contributed by atoms with van der Waals surface area (Å²) < 4.78 is 1.77. The molecule has 0 bridgehead atoms. The van der Waals surface area contributed by atoms with Crippen LogP contribution in [-0.4, -0.2) is 5.75 Å². The van der Waals surface area contributed by atoms with Crippen LogP contribution in [0, 0.1) is 0 Å². The molecule has 0 aliphatic carbocycles. The predicted octanol–water partition coefficient (Wildman–Crippen LogP) is 3.43. The molecule has 1 aliphatic rings. The summed E-state index contributed by atoms with van der Waals surface area (Å²) in [5.41, 5.74) is 1.34. The van der Waals surface area contributed by atoms with E-state index < -0.39 is 0 Å². The smallest absolute Gasteiger partial charge is 0.0416 e. The molecule has 0 nitrogen and oxygen atoms in total. The van der Waals surface area contributed by atoms with E-state index in [0.717, 1.165) is 14.2 Å². The summed E-state index contributed by atoms with van der Waals surface area (Å²) in [6, 6.07) is 10.5. The van der Waals surface area contributed by atoms with Gasteiger partial charge >= 0.3 is 0 Å². The highest BCUT2D eigenvalue weighted by molar-refractivity contribution is 8.19. The second kappa shape index (κ2) is 4.75. The van der Waals surface area contributed by atoms with Crippen molar-refractivity contribution in [1.82, 2.24) is 0 Å². The Morgan fingerprint density at radius 3 is 2.43 bits per heavy atom. The minimum Gasteiger partial charge on any atom is -0.774 e. The quantitative estimate of drug-likeness (QED) is 0.706. The zero-order valence-corrected chi connectivity index (χ0v) is 10.6. The molecule has 0 N–H and O–H groups in total. The molecular weight excluding hydrogens is 248 g/mol. The maximum absolute atomic E-state index is 5.21. The maximum atomic E-state index is 5.21. The van der Waals surface area contributed by atoms with Gasteiger partial charge in [-0.25, -0.2) is 0 Å². The van der Waals surface area contributed by atoms with Gasteiger partial charge in [-0.1, -0.05) is 30.3 Å². The largest absolute Gasteiger partial charge is 0.774 e. The SMILES string of the molecule is [S-]C1=C([S-])SC(c2ccccc2)CS1. The van der Waals surface area contributed by atoms with Gasteiger partial charge in [-0.2, -0.15) is 20.2 Å². The van der Waals surface area contributed by atoms with Gasteiger partial charge in [-0.05, 0) is 5.56 Å². The van der Waals surface area contributed by atoms with Gasteiger partial charge in [0.1, 0.15) is 0 Å². The van der Waals surface area contributed by atoms with E-state index in [-0.39, 0.29) is 0 Å². The Bertz CT molecular complexity index is 344. The Labute approximate surface area is 104 Å². The molecule has 1 aromatic rings. The summed E-state index contributed by atoms with van der Waals surface area (Å²) in [5.74, 6) is 1.04. The van der Waals surface area contributed by atoms with Crippen LogP contribution in [0.15, 0.2) is 38.8 Å². The van der Waals surface area contributed by atoms with Crippen LogP contribution >= 0.6 is 23.5 Å². The number of benzene rings is 1. The Hall–Kier alpha value is 0.100. The van der Waals surface area contributed by atoms with Crippen LogP contribution in [-0.2, 0) is 25.3 Å². The standard InChI is InChI=1S/C10H10S4/c11-9-10(12)14-8(6-13-9)7-4-2-1-3-5-7/h1-5,8,11-12H,6H2/p-2. The number of hydrogen-bond donors (Lipinski definition) is 0. The van der Waals surface area contributed by atoms with E-state index in [2.05, 4.69) is 24.3 Å². The minimum atomic E-state index is 0.473. The van der Waals surface area contributed by atoms with Gasteiger partial charge in [-0.3, -0.25) is 0 Å². The van der Waals surface area contributed by atoms with Crippen molar-refractivity contribution in [3.8, 4) is 0 Å². The topological polar surface area (TPSA) is 0 Å². The second-order valence-electron chi connectivity index (χ2n) is 2.90. The molecule has 2 rings (SSSR count). The van der Waals surface area contributed by atoms with Gasteiger partial charge in [0.2, 0.25) is 0 Å². The molecule has 0 saturated carbocycles. The van der Waals surface area contributed by atoms with E-state index in [0.29, 0.717) is 5.25 Å². The first kappa shape index (κ1) is 10.6. The molecule has 0 amide bonds. The van der Waals surface area contributed by atoms with Gasteiger partial charge in [0.05, 0.1) is 0 Å². The molecular formula is C10H8S4-2. The van der Waals surface area contributed by atoms with E-state index in [1.165, 1.54) is 5.56 Å². The molecule has 0 radical (unpaired) electrons. The normalized spacial score (nSPS) is 22.4. The molecule has 14 heavy (non-hydrogen) atoms. The van der Waals surface area contributed by atoms with Crippen LogP contribution in [0.3, 0.4) is 0 Å². The number of thioether (sulfide) groups is 2. The summed E-state index contributed by atoms with van der Waals surface area (Å²) >= 11 is 13.8. The fraction of sp³-hybridized carbons (Fsp3) is 0.200. The Kier molecular flexibility index (Phi) is 3.60. The van der Waals surface area contributed by atoms with Crippen LogP contribution in [0.1, 0.15) is 10.8 Å². The molecule has 1 aromatic carbocycles. The van der Waals surface area contributed by atoms with Gasteiger partial charge in [0, 0.05) is 11.0 Å². The fourth-order valence-corrected chi connectivity index (χ4v) is 4.19. The molecule has 0 spiro atoms. The third kappa shape index (κ3) is 2.37. The van der Waals surface area contributed by atoms with Crippen LogP contribution in [0.4, 0.5) is 0 Å². The molecule has 0 aromatic heterocycles. The molecule has 1 heterocycles. The van der Waals surface area contributed by atoms with E-state index in [1.807, 2.05) is 6.07 Å². The van der Waals surface area contributed by atoms with Crippen molar-refractivity contribution in [2.75, 3.05) is 5.75 Å². The Morgan fingerprint density at radius 1 is 1.07 bits per heavy atom. The fourth-order valence-electron chi connectivity index (χ4n) is 1.25. The maximum Gasteiger partial charge on any atom is 0.0416 e. The summed E-state index contributed by atoms with van der Waals surface area (Å²) in [7, 11) is 0. The molecule has 4 heteroatoms. The van der Waals surface area contributed by atoms with Crippen LogP contribution in [0.2, 0.25) is 0 Å². The monoisotopic (exact) mass is 256 g/mol. The highest BCUT2D eigenvalue weighted by Gasteiger charge is 2.13. The van der Waals surface area contributed by atoms with Crippen LogP contribution < -0.4 is 0 Å². The lowest BCUT2D eigenvalue weighted by atomic mass is 10.2. The molecule has 74 valence electrons. The van der Waals surface area contributed by atoms with Gasteiger partial charge < -0.3 is 25.3 Å². The number of hydrogen-bond acceptors (Lipinski definition) is 4. The lowest BCUT2D eigenvalue weighted by Crippen LogP contribution is -2.02. The van der Waals surface area contributed by atoms with Crippen LogP contribution in [0.25, 0.3) is 0 Å². The van der Waals surface area contributed by atoms with Gasteiger partial charge in [0.15, 0.2) is 0 Å². The van der Waals surface area contributed by atoms with Crippen molar-refractivity contribution in [2.45, 2.75) is 5.25 Å². The lowest BCUT2D eigenvalue weighted by molar-refractivity contribution is 1.12. The summed E-state index contributed by atoms with van der Waals surface area (Å²) in [4.78, 5) is 0. The van der Waals surface area contributed by atoms with E-state index in [1.54, 1.807) is 23.5 Å². The highest BCUT2D eigenvalue weighted by Crippen LogP contribution is 2.44. The summed E-state index contributed by atoms with van der Waals surface area (Å²) in [5, 5.41) is 0.473. The first-order chi connectivity index (χ1) is 6.77. The zero-order chi connectivity index (χ0) is 9.97. The molecule has 1 aliphatic heterocycles. The van der Waals surface area contributed by atoms with E-state index in [9.17, 15) is 0 Å². The average Bonchev–Trinajstić information content (AvgIpc) is 2.23. The van der Waals surface area contributed by atoms with Crippen molar-refractivity contribution >= 4 is 48.8 Å². The van der Waals surface area contributed by atoms with Crippen molar-refractivity contribution in [2.24, 2.45) is 0 Å². The third-order valence-electron chi connectivity index (χ3n) is 1.95. The van der Waals surface area contributed by atoms with Crippen molar-refractivity contribution in [3.63, 3.8) is 0 Å². The van der Waals surface area contributed by atoms with E-state index in [4.69, 9.17) is 25.3 Å². The molecule has 1 unspecified atom stereocenters. The highest BCUT2D eigenvalue weighted by atomic mass is 32.2. The molecule has 0 fully saturated rings. The molecule has 0 saturated heterocycles. The second-order valence-corrected chi connectivity index (χ2v) is 6.48. The lowest BCUT2D eigenvalue weighted by Gasteiger charge is -2.33. The summed E-state index contributed by atoms with van der Waals surface area (Å²) in [6.07, 6.45) is 0. The van der Waals surface area contributed by atoms with Gasteiger partial charge in [-0.15, -0.1) is 11.8 Å². The predicted molar refractivity (Wildman–Crippen MR) is 71.0 cm³/mol. The van der Waals surface area contributed by atoms with Crippen LogP contribution in [0.5, 0.6) is 0 Å². The Balaban J connectivity index is 2.17. The van der Waals surface area contributed by atoms with E-state index >= 15 is 0 Å². The van der Waals surface area contributed by atoms with Crippen molar-refractivity contribution < 1.29 is 0 Å². The van der Waals surface area contributed by atoms with Crippen molar-refractivity contribution in [3.05, 3.63) is 44.4 Å². The zero-order valence-electron chi connectivity index (χ0n) is 7.30. The Morgan fingerprint density at radius 2 is 1.79 bits per heavy atom. The number of rotatable bonds is 1.